The summed E-state index contributed by atoms with van der Waals surface area (Å²) in [6, 6.07) is 20.1. The Labute approximate surface area is 128 Å². The minimum absolute atomic E-state index is 0.348. The van der Waals surface area contributed by atoms with E-state index in [1.807, 2.05) is 24.3 Å². The van der Waals surface area contributed by atoms with Crippen molar-refractivity contribution in [1.29, 1.82) is 0 Å². The van der Waals surface area contributed by atoms with Crippen LogP contribution in [0.25, 0.3) is 11.1 Å². The Morgan fingerprint density at radius 1 is 0.857 bits per heavy atom. The van der Waals surface area contributed by atoms with Crippen molar-refractivity contribution in [3.63, 3.8) is 0 Å². The van der Waals surface area contributed by atoms with E-state index in [4.69, 9.17) is 0 Å². The summed E-state index contributed by atoms with van der Waals surface area (Å²) in [5, 5.41) is 15.3. The van der Waals surface area contributed by atoms with E-state index in [1.54, 1.807) is 17.4 Å². The maximum atomic E-state index is 9.72. The maximum Gasteiger partial charge on any atom is 0.120 e. The molecule has 0 spiro atoms. The molecule has 2 nitrogen and oxygen atoms in total. The summed E-state index contributed by atoms with van der Waals surface area (Å²) in [6.07, 6.45) is 0. The molecule has 21 heavy (non-hydrogen) atoms. The van der Waals surface area contributed by atoms with Crippen LogP contribution in [0.4, 0.5) is 0 Å². The standard InChI is InChI=1S/C18H17NOS/c20-18-9-5-4-8-15(18)11-19-12-17-10-16(13-21-17)14-6-2-1-3-7-14/h1-10,13,19-20H,11-12H2. The first-order valence-corrected chi connectivity index (χ1v) is 7.81. The molecular weight excluding hydrogens is 278 g/mol. The van der Waals surface area contributed by atoms with Crippen molar-refractivity contribution < 1.29 is 5.11 Å². The van der Waals surface area contributed by atoms with Crippen LogP contribution in [0, 0.1) is 0 Å². The number of nitrogens with one attached hydrogen (secondary N) is 1. The minimum atomic E-state index is 0.348. The van der Waals surface area contributed by atoms with Crippen LogP contribution in [-0.2, 0) is 13.1 Å². The van der Waals surface area contributed by atoms with E-state index in [-0.39, 0.29) is 0 Å². The van der Waals surface area contributed by atoms with Crippen molar-refractivity contribution in [3.05, 3.63) is 76.5 Å². The van der Waals surface area contributed by atoms with Gasteiger partial charge in [-0.1, -0.05) is 48.5 Å². The summed E-state index contributed by atoms with van der Waals surface area (Å²) < 4.78 is 0. The van der Waals surface area contributed by atoms with Crippen LogP contribution in [0.1, 0.15) is 10.4 Å². The summed E-state index contributed by atoms with van der Waals surface area (Å²) in [6.45, 7) is 1.48. The van der Waals surface area contributed by atoms with Crippen LogP contribution in [0.2, 0.25) is 0 Å². The number of benzene rings is 2. The third-order valence-corrected chi connectivity index (χ3v) is 4.30. The van der Waals surface area contributed by atoms with Crippen molar-refractivity contribution in [2.75, 3.05) is 0 Å². The SMILES string of the molecule is Oc1ccccc1CNCc1cc(-c2ccccc2)cs1. The molecule has 0 fully saturated rings. The fourth-order valence-electron chi connectivity index (χ4n) is 2.24. The predicted molar refractivity (Wildman–Crippen MR) is 88.4 cm³/mol. The zero-order chi connectivity index (χ0) is 14.5. The van der Waals surface area contributed by atoms with Crippen molar-refractivity contribution >= 4 is 11.3 Å². The number of para-hydroxylation sites is 1. The summed E-state index contributed by atoms with van der Waals surface area (Å²) >= 11 is 1.76. The van der Waals surface area contributed by atoms with E-state index in [0.717, 1.165) is 12.1 Å². The monoisotopic (exact) mass is 295 g/mol. The first-order chi connectivity index (χ1) is 10.3. The van der Waals surface area contributed by atoms with Gasteiger partial charge in [0.1, 0.15) is 5.75 Å². The van der Waals surface area contributed by atoms with Crippen LogP contribution < -0.4 is 5.32 Å². The number of phenols is 1. The first-order valence-electron chi connectivity index (χ1n) is 6.93. The molecule has 3 heteroatoms. The molecule has 0 bridgehead atoms. The first kappa shape index (κ1) is 13.9. The topological polar surface area (TPSA) is 32.3 Å². The normalized spacial score (nSPS) is 10.7. The van der Waals surface area contributed by atoms with Crippen molar-refractivity contribution in [2.45, 2.75) is 13.1 Å². The Kier molecular flexibility index (Phi) is 4.34. The van der Waals surface area contributed by atoms with Gasteiger partial charge in [0.2, 0.25) is 0 Å². The van der Waals surface area contributed by atoms with Gasteiger partial charge in [-0.05, 0) is 28.6 Å². The van der Waals surface area contributed by atoms with Crippen molar-refractivity contribution in [3.8, 4) is 16.9 Å². The number of thiophene rings is 1. The molecule has 0 amide bonds. The van der Waals surface area contributed by atoms with Gasteiger partial charge < -0.3 is 10.4 Å². The lowest BCUT2D eigenvalue weighted by Gasteiger charge is -2.05. The van der Waals surface area contributed by atoms with E-state index in [9.17, 15) is 5.11 Å². The Morgan fingerprint density at radius 2 is 1.62 bits per heavy atom. The summed E-state index contributed by atoms with van der Waals surface area (Å²) in [7, 11) is 0. The molecule has 3 rings (SSSR count). The summed E-state index contributed by atoms with van der Waals surface area (Å²) in [4.78, 5) is 1.30. The highest BCUT2D eigenvalue weighted by Gasteiger charge is 2.03. The second kappa shape index (κ2) is 6.57. The van der Waals surface area contributed by atoms with E-state index >= 15 is 0 Å². The number of aromatic hydroxyl groups is 1. The number of phenolic OH excluding ortho intramolecular Hbond substituents is 1. The quantitative estimate of drug-likeness (QED) is 0.730. The molecule has 0 atom stereocenters. The molecule has 0 aliphatic heterocycles. The van der Waals surface area contributed by atoms with E-state index in [1.165, 1.54) is 16.0 Å². The van der Waals surface area contributed by atoms with Gasteiger partial charge >= 0.3 is 0 Å². The highest BCUT2D eigenvalue weighted by atomic mass is 32.1. The minimum Gasteiger partial charge on any atom is -0.508 e. The Morgan fingerprint density at radius 3 is 2.43 bits per heavy atom. The van der Waals surface area contributed by atoms with Gasteiger partial charge in [-0.3, -0.25) is 0 Å². The predicted octanol–water partition coefficient (Wildman–Crippen LogP) is 4.41. The molecule has 2 N–H and O–H groups in total. The Hall–Kier alpha value is -2.10. The smallest absolute Gasteiger partial charge is 0.120 e. The second-order valence-corrected chi connectivity index (χ2v) is 5.90. The molecule has 2 aromatic carbocycles. The lowest BCUT2D eigenvalue weighted by molar-refractivity contribution is 0.464. The molecule has 0 saturated heterocycles. The maximum absolute atomic E-state index is 9.72. The molecule has 1 aromatic heterocycles. The fourth-order valence-corrected chi connectivity index (χ4v) is 3.10. The van der Waals surface area contributed by atoms with E-state index in [0.29, 0.717) is 12.3 Å². The van der Waals surface area contributed by atoms with Gasteiger partial charge in [0.15, 0.2) is 0 Å². The van der Waals surface area contributed by atoms with Crippen molar-refractivity contribution in [1.82, 2.24) is 5.32 Å². The zero-order valence-electron chi connectivity index (χ0n) is 11.6. The summed E-state index contributed by atoms with van der Waals surface area (Å²) in [5.74, 6) is 0.348. The average molecular weight is 295 g/mol. The molecule has 0 aliphatic rings. The van der Waals surface area contributed by atoms with Gasteiger partial charge in [0.05, 0.1) is 0 Å². The molecule has 0 unspecified atom stereocenters. The van der Waals surface area contributed by atoms with Crippen LogP contribution >= 0.6 is 11.3 Å². The number of hydrogen-bond donors (Lipinski definition) is 2. The molecule has 0 radical (unpaired) electrons. The lowest BCUT2D eigenvalue weighted by atomic mass is 10.1. The third kappa shape index (κ3) is 3.51. The molecule has 106 valence electrons. The van der Waals surface area contributed by atoms with Gasteiger partial charge in [-0.25, -0.2) is 0 Å². The fraction of sp³-hybridized carbons (Fsp3) is 0.111. The van der Waals surface area contributed by atoms with Crippen LogP contribution in [0.5, 0.6) is 5.75 Å². The molecule has 1 heterocycles. The Balaban J connectivity index is 1.60. The number of rotatable bonds is 5. The molecule has 3 aromatic rings. The van der Waals surface area contributed by atoms with Gasteiger partial charge in [0, 0.05) is 23.5 Å². The lowest BCUT2D eigenvalue weighted by Crippen LogP contribution is -2.11. The largest absolute Gasteiger partial charge is 0.508 e. The average Bonchev–Trinajstić information content (AvgIpc) is 2.99. The highest BCUT2D eigenvalue weighted by molar-refractivity contribution is 7.10. The van der Waals surface area contributed by atoms with Gasteiger partial charge in [-0.2, -0.15) is 0 Å². The zero-order valence-corrected chi connectivity index (χ0v) is 12.4. The summed E-state index contributed by atoms with van der Waals surface area (Å²) in [5.41, 5.74) is 3.44. The molecular formula is C18H17NOS. The third-order valence-electron chi connectivity index (χ3n) is 3.37. The van der Waals surface area contributed by atoms with E-state index in [2.05, 4.69) is 41.0 Å². The molecule has 0 aliphatic carbocycles. The van der Waals surface area contributed by atoms with Crippen LogP contribution in [-0.4, -0.2) is 5.11 Å². The van der Waals surface area contributed by atoms with Gasteiger partial charge in [-0.15, -0.1) is 11.3 Å². The number of hydrogen-bond acceptors (Lipinski definition) is 3. The van der Waals surface area contributed by atoms with Crippen LogP contribution in [0.3, 0.4) is 0 Å². The highest BCUT2D eigenvalue weighted by Crippen LogP contribution is 2.25. The van der Waals surface area contributed by atoms with E-state index < -0.39 is 0 Å². The molecule has 0 saturated carbocycles. The van der Waals surface area contributed by atoms with Crippen molar-refractivity contribution in [2.24, 2.45) is 0 Å². The Bertz CT molecular complexity index is 706. The second-order valence-electron chi connectivity index (χ2n) is 4.90. The van der Waals surface area contributed by atoms with Crippen LogP contribution in [0.15, 0.2) is 66.0 Å². The van der Waals surface area contributed by atoms with Gasteiger partial charge in [0.25, 0.3) is 0 Å².